The molecule has 1 aromatic heterocycles. The van der Waals surface area contributed by atoms with Crippen LogP contribution in [0.15, 0.2) is 38.7 Å². The number of aryl methyl sites for hydroxylation is 1. The fourth-order valence-corrected chi connectivity index (χ4v) is 2.75. The Balaban J connectivity index is 1.72. The van der Waals surface area contributed by atoms with E-state index in [1.165, 1.54) is 24.3 Å². The van der Waals surface area contributed by atoms with E-state index in [9.17, 15) is 9.18 Å². The lowest BCUT2D eigenvalue weighted by molar-refractivity contribution is 0.102. The fourth-order valence-electron chi connectivity index (χ4n) is 2.75. The van der Waals surface area contributed by atoms with Crippen LogP contribution in [0, 0.1) is 12.7 Å². The molecule has 7 heteroatoms. The molecule has 6 nitrogen and oxygen atoms in total. The molecule has 0 aliphatic carbocycles. The van der Waals surface area contributed by atoms with Crippen LogP contribution in [0.2, 0.25) is 0 Å². The number of amides is 1. The molecule has 0 atom stereocenters. The maximum absolute atomic E-state index is 13.0. The zero-order valence-electron chi connectivity index (χ0n) is 12.3. The van der Waals surface area contributed by atoms with Crippen LogP contribution in [0.3, 0.4) is 0 Å². The topological polar surface area (TPSA) is 70.2 Å². The van der Waals surface area contributed by atoms with E-state index in [1.54, 1.807) is 13.3 Å². The van der Waals surface area contributed by atoms with Crippen LogP contribution < -0.4 is 5.32 Å². The summed E-state index contributed by atoms with van der Waals surface area (Å²) in [7, 11) is 0. The van der Waals surface area contributed by atoms with Crippen LogP contribution in [0.1, 0.15) is 21.7 Å². The highest BCUT2D eigenvalue weighted by Crippen LogP contribution is 2.34. The van der Waals surface area contributed by atoms with Gasteiger partial charge >= 0.3 is 0 Å². The summed E-state index contributed by atoms with van der Waals surface area (Å²) in [6.07, 6.45) is 1.67. The Morgan fingerprint density at radius 3 is 2.91 bits per heavy atom. The zero-order chi connectivity index (χ0) is 16.0. The van der Waals surface area contributed by atoms with Gasteiger partial charge in [0.25, 0.3) is 5.91 Å². The molecule has 1 N–H and O–H groups in total. The Labute approximate surface area is 131 Å². The Kier molecular flexibility index (Phi) is 3.00. The summed E-state index contributed by atoms with van der Waals surface area (Å²) in [5, 5.41) is 2.75. The van der Waals surface area contributed by atoms with E-state index in [2.05, 4.69) is 15.3 Å². The molecule has 0 radical (unpaired) electrons. The first-order chi connectivity index (χ1) is 11.1. The average Bonchev–Trinajstić information content (AvgIpc) is 3.12. The monoisotopic (exact) mass is 312 g/mol. The largest absolute Gasteiger partial charge is 0.442 e. The molecule has 0 bridgehead atoms. The highest BCUT2D eigenvalue weighted by Gasteiger charge is 2.33. The number of nitrogens with one attached hydrogen (secondary N) is 1. The molecule has 2 aliphatic rings. The quantitative estimate of drug-likeness (QED) is 0.927. The lowest BCUT2D eigenvalue weighted by Gasteiger charge is -2.18. The van der Waals surface area contributed by atoms with Gasteiger partial charge in [-0.15, -0.1) is 0 Å². The molecular formula is C16H13FN4O2. The number of anilines is 1. The van der Waals surface area contributed by atoms with Crippen LogP contribution in [0.4, 0.5) is 16.0 Å². The molecule has 4 rings (SSSR count). The van der Waals surface area contributed by atoms with Gasteiger partial charge < -0.3 is 14.6 Å². The summed E-state index contributed by atoms with van der Waals surface area (Å²) in [5.41, 5.74) is 1.53. The maximum atomic E-state index is 13.0. The second kappa shape index (κ2) is 5.05. The van der Waals surface area contributed by atoms with Gasteiger partial charge in [-0.25, -0.2) is 9.38 Å². The van der Waals surface area contributed by atoms with Gasteiger partial charge in [-0.1, -0.05) is 0 Å². The number of hydrogen-bond donors (Lipinski definition) is 1. The van der Waals surface area contributed by atoms with E-state index in [-0.39, 0.29) is 11.7 Å². The number of fused-ring (bicyclic) bond motifs is 3. The molecular weight excluding hydrogens is 299 g/mol. The van der Waals surface area contributed by atoms with Gasteiger partial charge in [0.2, 0.25) is 5.88 Å². The highest BCUT2D eigenvalue weighted by atomic mass is 19.1. The lowest BCUT2D eigenvalue weighted by atomic mass is 10.1. The third kappa shape index (κ3) is 2.21. The number of aliphatic imine (C=N–C) groups is 2. The number of amidine groups is 1. The van der Waals surface area contributed by atoms with Crippen molar-refractivity contribution in [2.75, 3.05) is 18.4 Å². The van der Waals surface area contributed by atoms with E-state index in [0.717, 1.165) is 6.54 Å². The van der Waals surface area contributed by atoms with E-state index in [0.29, 0.717) is 40.8 Å². The summed E-state index contributed by atoms with van der Waals surface area (Å²) >= 11 is 0. The molecule has 1 amide bonds. The summed E-state index contributed by atoms with van der Waals surface area (Å²) in [5.74, 6) is 0.888. The third-order valence-electron chi connectivity index (χ3n) is 3.81. The van der Waals surface area contributed by atoms with Crippen molar-refractivity contribution in [3.8, 4) is 0 Å². The van der Waals surface area contributed by atoms with Gasteiger partial charge in [0, 0.05) is 12.2 Å². The van der Waals surface area contributed by atoms with E-state index < -0.39 is 0 Å². The number of carbonyl (C=O) groups excluding carboxylic acids is 1. The van der Waals surface area contributed by atoms with Crippen molar-refractivity contribution < 1.29 is 13.6 Å². The number of furan rings is 1. The molecule has 3 heterocycles. The van der Waals surface area contributed by atoms with Crippen LogP contribution in [-0.2, 0) is 0 Å². The summed E-state index contributed by atoms with van der Waals surface area (Å²) in [6, 6.07) is 5.60. The predicted molar refractivity (Wildman–Crippen MR) is 84.1 cm³/mol. The van der Waals surface area contributed by atoms with Crippen LogP contribution >= 0.6 is 0 Å². The number of hydrogen-bond acceptors (Lipinski definition) is 5. The van der Waals surface area contributed by atoms with Crippen molar-refractivity contribution in [3.63, 3.8) is 0 Å². The minimum absolute atomic E-state index is 0.328. The van der Waals surface area contributed by atoms with Gasteiger partial charge in [0.05, 0.1) is 17.7 Å². The van der Waals surface area contributed by atoms with Crippen molar-refractivity contribution >= 4 is 29.7 Å². The van der Waals surface area contributed by atoms with E-state index >= 15 is 0 Å². The Bertz CT molecular complexity index is 852. The zero-order valence-corrected chi connectivity index (χ0v) is 12.3. The van der Waals surface area contributed by atoms with Gasteiger partial charge in [0.1, 0.15) is 23.8 Å². The molecule has 2 aromatic rings. The molecule has 0 fully saturated rings. The van der Waals surface area contributed by atoms with Gasteiger partial charge in [-0.05, 0) is 31.2 Å². The number of rotatable bonds is 2. The maximum Gasteiger partial charge on any atom is 0.260 e. The molecule has 0 unspecified atom stereocenters. The Hall–Kier alpha value is -2.96. The first-order valence-corrected chi connectivity index (χ1v) is 7.19. The summed E-state index contributed by atoms with van der Waals surface area (Å²) < 4.78 is 18.6. The van der Waals surface area contributed by atoms with Crippen molar-refractivity contribution in [3.05, 3.63) is 47.0 Å². The fraction of sp³-hybridized carbons (Fsp3) is 0.188. The number of benzene rings is 1. The average molecular weight is 312 g/mol. The smallest absolute Gasteiger partial charge is 0.260 e. The normalized spacial score (nSPS) is 15.2. The highest BCUT2D eigenvalue weighted by molar-refractivity contribution is 6.19. The van der Waals surface area contributed by atoms with Crippen molar-refractivity contribution in [2.24, 2.45) is 9.98 Å². The van der Waals surface area contributed by atoms with Gasteiger partial charge in [0.15, 0.2) is 0 Å². The Morgan fingerprint density at radius 2 is 2.13 bits per heavy atom. The molecule has 2 aliphatic heterocycles. The van der Waals surface area contributed by atoms with Crippen molar-refractivity contribution in [1.82, 2.24) is 4.90 Å². The standard InChI is InChI=1S/C16H13FN4O2/c1-9-12(15(22)20-11-4-2-10(17)3-5-11)13-14-18-6-7-21(14)8-19-16(13)23-9/h2-5,8H,6-7H2,1H3,(H,20,22). The molecule has 0 saturated carbocycles. The number of halogens is 1. The second-order valence-corrected chi connectivity index (χ2v) is 5.32. The predicted octanol–water partition coefficient (Wildman–Crippen LogP) is 2.72. The minimum Gasteiger partial charge on any atom is -0.442 e. The first kappa shape index (κ1) is 13.7. The van der Waals surface area contributed by atoms with Gasteiger partial charge in [-0.2, -0.15) is 0 Å². The minimum atomic E-state index is -0.356. The molecule has 116 valence electrons. The van der Waals surface area contributed by atoms with Crippen molar-refractivity contribution in [2.45, 2.75) is 6.92 Å². The third-order valence-corrected chi connectivity index (χ3v) is 3.81. The van der Waals surface area contributed by atoms with Crippen molar-refractivity contribution in [1.29, 1.82) is 0 Å². The van der Waals surface area contributed by atoms with Crippen LogP contribution in [0.25, 0.3) is 0 Å². The van der Waals surface area contributed by atoms with E-state index in [1.807, 2.05) is 4.90 Å². The van der Waals surface area contributed by atoms with Crippen LogP contribution in [-0.4, -0.2) is 36.1 Å². The lowest BCUT2D eigenvalue weighted by Crippen LogP contribution is -2.30. The molecule has 1 aromatic carbocycles. The van der Waals surface area contributed by atoms with Crippen LogP contribution in [0.5, 0.6) is 0 Å². The summed E-state index contributed by atoms with van der Waals surface area (Å²) in [6.45, 7) is 3.11. The number of carbonyl (C=O) groups is 1. The second-order valence-electron chi connectivity index (χ2n) is 5.32. The molecule has 0 saturated heterocycles. The molecule has 0 spiro atoms. The Morgan fingerprint density at radius 1 is 1.35 bits per heavy atom. The van der Waals surface area contributed by atoms with Gasteiger partial charge in [-0.3, -0.25) is 9.79 Å². The van der Waals surface area contributed by atoms with E-state index in [4.69, 9.17) is 4.42 Å². The first-order valence-electron chi connectivity index (χ1n) is 7.19. The number of nitrogens with zero attached hydrogens (tertiary/aromatic N) is 3. The summed E-state index contributed by atoms with van der Waals surface area (Å²) in [4.78, 5) is 23.2. The molecule has 23 heavy (non-hydrogen) atoms. The SMILES string of the molecule is Cc1oc2c(c1C(=O)Nc1ccc(F)cc1)C1=NCCN1C=N2.